The predicted molar refractivity (Wildman–Crippen MR) is 61.6 cm³/mol. The quantitative estimate of drug-likeness (QED) is 0.750. The molecule has 0 bridgehead atoms. The zero-order valence-electron chi connectivity index (χ0n) is 10.0. The first kappa shape index (κ1) is 12.2. The second-order valence-corrected chi connectivity index (χ2v) is 3.97. The monoisotopic (exact) mass is 236 g/mol. The lowest BCUT2D eigenvalue weighted by molar-refractivity contribution is -0.227. The summed E-state index contributed by atoms with van der Waals surface area (Å²) in [5.74, 6) is -1.35. The highest BCUT2D eigenvalue weighted by Crippen LogP contribution is 2.34. The lowest BCUT2D eigenvalue weighted by Crippen LogP contribution is -2.41. The molecule has 1 aliphatic heterocycles. The van der Waals surface area contributed by atoms with Crippen molar-refractivity contribution >= 4 is 5.78 Å². The zero-order valence-corrected chi connectivity index (χ0v) is 10.0. The van der Waals surface area contributed by atoms with E-state index in [-0.39, 0.29) is 12.1 Å². The molecule has 2 rings (SSSR count). The highest BCUT2D eigenvalue weighted by Gasteiger charge is 2.47. The summed E-state index contributed by atoms with van der Waals surface area (Å²) in [4.78, 5) is 12.4. The van der Waals surface area contributed by atoms with Gasteiger partial charge in [-0.15, -0.1) is 0 Å². The minimum absolute atomic E-state index is 0.153. The maximum absolute atomic E-state index is 12.4. The largest absolute Gasteiger partial charge is 0.356 e. The first-order chi connectivity index (χ1) is 8.22. The van der Waals surface area contributed by atoms with E-state index < -0.39 is 5.79 Å². The van der Waals surface area contributed by atoms with E-state index in [1.54, 1.807) is 19.2 Å². The SMILES string of the molecule is COC1CCC(OC)(C(=O)c2ccccc2)O1. The van der Waals surface area contributed by atoms with E-state index in [4.69, 9.17) is 14.2 Å². The lowest BCUT2D eigenvalue weighted by Gasteiger charge is -2.25. The van der Waals surface area contributed by atoms with Crippen LogP contribution in [0, 0.1) is 0 Å². The average molecular weight is 236 g/mol. The molecule has 4 nitrogen and oxygen atoms in total. The summed E-state index contributed by atoms with van der Waals surface area (Å²) in [6, 6.07) is 9.02. The third-order valence-corrected chi connectivity index (χ3v) is 3.01. The minimum atomic E-state index is -1.19. The van der Waals surface area contributed by atoms with Crippen LogP contribution in [-0.4, -0.2) is 32.1 Å². The fourth-order valence-corrected chi connectivity index (χ4v) is 2.02. The number of rotatable bonds is 4. The Hall–Kier alpha value is -1.23. The lowest BCUT2D eigenvalue weighted by atomic mass is 10.0. The molecule has 0 N–H and O–H groups in total. The van der Waals surface area contributed by atoms with Crippen molar-refractivity contribution in [3.63, 3.8) is 0 Å². The fraction of sp³-hybridized carbons (Fsp3) is 0.462. The van der Waals surface area contributed by atoms with Gasteiger partial charge in [0.15, 0.2) is 6.29 Å². The normalized spacial score (nSPS) is 28.2. The molecule has 92 valence electrons. The van der Waals surface area contributed by atoms with Crippen molar-refractivity contribution < 1.29 is 19.0 Å². The van der Waals surface area contributed by atoms with Gasteiger partial charge in [-0.05, 0) is 0 Å². The van der Waals surface area contributed by atoms with Crippen LogP contribution in [0.1, 0.15) is 23.2 Å². The van der Waals surface area contributed by atoms with Crippen molar-refractivity contribution in [2.75, 3.05) is 14.2 Å². The standard InChI is InChI=1S/C13H16O4/c1-15-11-8-9-13(16-2,17-11)12(14)10-6-4-3-5-7-10/h3-7,11H,8-9H2,1-2H3. The average Bonchev–Trinajstić information content (AvgIpc) is 2.84. The van der Waals surface area contributed by atoms with Crippen LogP contribution < -0.4 is 0 Å². The van der Waals surface area contributed by atoms with E-state index in [1.807, 2.05) is 18.2 Å². The number of ketones is 1. The smallest absolute Gasteiger partial charge is 0.235 e. The number of carbonyl (C=O) groups is 1. The van der Waals surface area contributed by atoms with Crippen LogP contribution >= 0.6 is 0 Å². The van der Waals surface area contributed by atoms with E-state index >= 15 is 0 Å². The molecule has 1 heterocycles. The van der Waals surface area contributed by atoms with Gasteiger partial charge in [0.1, 0.15) is 0 Å². The number of methoxy groups -OCH3 is 2. The molecule has 0 saturated carbocycles. The van der Waals surface area contributed by atoms with Crippen LogP contribution in [-0.2, 0) is 14.2 Å². The van der Waals surface area contributed by atoms with E-state index in [0.29, 0.717) is 18.4 Å². The molecule has 0 aromatic heterocycles. The van der Waals surface area contributed by atoms with Crippen LogP contribution in [0.5, 0.6) is 0 Å². The summed E-state index contributed by atoms with van der Waals surface area (Å²) in [6.07, 6.45) is 0.793. The van der Waals surface area contributed by atoms with Crippen molar-refractivity contribution in [3.8, 4) is 0 Å². The van der Waals surface area contributed by atoms with Crippen molar-refractivity contribution in [2.45, 2.75) is 24.9 Å². The predicted octanol–water partition coefficient (Wildman–Crippen LogP) is 1.99. The first-order valence-electron chi connectivity index (χ1n) is 5.57. The van der Waals surface area contributed by atoms with Crippen LogP contribution in [0.25, 0.3) is 0 Å². The molecule has 2 unspecified atom stereocenters. The maximum Gasteiger partial charge on any atom is 0.235 e. The van der Waals surface area contributed by atoms with Gasteiger partial charge in [0, 0.05) is 32.6 Å². The highest BCUT2D eigenvalue weighted by molar-refractivity contribution is 6.01. The third-order valence-electron chi connectivity index (χ3n) is 3.01. The minimum Gasteiger partial charge on any atom is -0.356 e. The molecule has 1 aliphatic rings. The Morgan fingerprint density at radius 3 is 2.59 bits per heavy atom. The Labute approximate surface area is 100 Å². The van der Waals surface area contributed by atoms with Crippen molar-refractivity contribution in [1.82, 2.24) is 0 Å². The topological polar surface area (TPSA) is 44.8 Å². The molecule has 0 radical (unpaired) electrons. The van der Waals surface area contributed by atoms with Gasteiger partial charge in [-0.1, -0.05) is 30.3 Å². The van der Waals surface area contributed by atoms with E-state index in [2.05, 4.69) is 0 Å². The fourth-order valence-electron chi connectivity index (χ4n) is 2.02. The first-order valence-corrected chi connectivity index (χ1v) is 5.57. The third kappa shape index (κ3) is 2.24. The maximum atomic E-state index is 12.4. The summed E-state index contributed by atoms with van der Waals surface area (Å²) < 4.78 is 16.0. The van der Waals surface area contributed by atoms with Gasteiger partial charge in [0.2, 0.25) is 11.6 Å². The van der Waals surface area contributed by atoms with Crippen LogP contribution in [0.4, 0.5) is 0 Å². The van der Waals surface area contributed by atoms with E-state index in [0.717, 1.165) is 0 Å². The summed E-state index contributed by atoms with van der Waals surface area (Å²) in [5, 5.41) is 0. The van der Waals surface area contributed by atoms with Gasteiger partial charge in [0.25, 0.3) is 0 Å². The molecular formula is C13H16O4. The van der Waals surface area contributed by atoms with E-state index in [1.165, 1.54) is 7.11 Å². The number of benzene rings is 1. The Kier molecular flexibility index (Phi) is 3.57. The summed E-state index contributed by atoms with van der Waals surface area (Å²) in [7, 11) is 3.04. The zero-order chi connectivity index (χ0) is 12.3. The molecule has 4 heteroatoms. The van der Waals surface area contributed by atoms with Gasteiger partial charge >= 0.3 is 0 Å². The number of hydrogen-bond acceptors (Lipinski definition) is 4. The van der Waals surface area contributed by atoms with Gasteiger partial charge in [-0.3, -0.25) is 4.79 Å². The van der Waals surface area contributed by atoms with Gasteiger partial charge < -0.3 is 14.2 Å². The van der Waals surface area contributed by atoms with Gasteiger partial charge in [-0.2, -0.15) is 0 Å². The Balaban J connectivity index is 2.22. The van der Waals surface area contributed by atoms with Gasteiger partial charge in [-0.25, -0.2) is 0 Å². The molecule has 0 spiro atoms. The van der Waals surface area contributed by atoms with Crippen molar-refractivity contribution in [1.29, 1.82) is 0 Å². The van der Waals surface area contributed by atoms with Crippen molar-refractivity contribution in [2.24, 2.45) is 0 Å². The summed E-state index contributed by atoms with van der Waals surface area (Å²) in [5.41, 5.74) is 0.589. The van der Waals surface area contributed by atoms with Crippen LogP contribution in [0.2, 0.25) is 0 Å². The molecule has 2 atom stereocenters. The molecular weight excluding hydrogens is 220 g/mol. The molecule has 1 saturated heterocycles. The second kappa shape index (κ2) is 4.96. The molecule has 0 amide bonds. The summed E-state index contributed by atoms with van der Waals surface area (Å²) >= 11 is 0. The van der Waals surface area contributed by atoms with E-state index in [9.17, 15) is 4.79 Å². The molecule has 0 aliphatic carbocycles. The second-order valence-electron chi connectivity index (χ2n) is 3.97. The summed E-state index contributed by atoms with van der Waals surface area (Å²) in [6.45, 7) is 0. The molecule has 1 fully saturated rings. The number of ether oxygens (including phenoxy) is 3. The number of carbonyl (C=O) groups excluding carboxylic acids is 1. The Morgan fingerprint density at radius 2 is 2.06 bits per heavy atom. The Morgan fingerprint density at radius 1 is 1.35 bits per heavy atom. The molecule has 1 aromatic carbocycles. The Bertz CT molecular complexity index is 390. The molecule has 17 heavy (non-hydrogen) atoms. The highest BCUT2D eigenvalue weighted by atomic mass is 16.8. The number of Topliss-reactive ketones (excluding diaryl/α,β-unsaturated/α-hetero) is 1. The van der Waals surface area contributed by atoms with Crippen molar-refractivity contribution in [3.05, 3.63) is 35.9 Å². The van der Waals surface area contributed by atoms with Crippen LogP contribution in [0.3, 0.4) is 0 Å². The van der Waals surface area contributed by atoms with Crippen LogP contribution in [0.15, 0.2) is 30.3 Å². The number of hydrogen-bond donors (Lipinski definition) is 0. The molecule has 1 aromatic rings. The van der Waals surface area contributed by atoms with Gasteiger partial charge in [0.05, 0.1) is 0 Å².